The van der Waals surface area contributed by atoms with Crippen molar-refractivity contribution in [2.24, 2.45) is 0 Å². The van der Waals surface area contributed by atoms with Gasteiger partial charge < -0.3 is 4.74 Å². The van der Waals surface area contributed by atoms with E-state index in [1.807, 2.05) is 6.92 Å². The highest BCUT2D eigenvalue weighted by Crippen LogP contribution is 2.35. The van der Waals surface area contributed by atoms with Crippen LogP contribution in [0.3, 0.4) is 0 Å². The molecule has 0 N–H and O–H groups in total. The molecule has 1 unspecified atom stereocenters. The molecule has 4 rings (SSSR count). The van der Waals surface area contributed by atoms with Crippen LogP contribution in [0.25, 0.3) is 0 Å². The summed E-state index contributed by atoms with van der Waals surface area (Å²) in [6, 6.07) is 9.60. The van der Waals surface area contributed by atoms with Crippen molar-refractivity contribution in [3.8, 4) is 5.75 Å². The third kappa shape index (κ3) is 4.65. The summed E-state index contributed by atoms with van der Waals surface area (Å²) in [6.07, 6.45) is 3.68. The van der Waals surface area contributed by atoms with E-state index in [1.54, 1.807) is 24.3 Å². The Bertz CT molecular complexity index is 1110. The van der Waals surface area contributed by atoms with Crippen LogP contribution in [0.1, 0.15) is 45.4 Å². The van der Waals surface area contributed by atoms with E-state index in [-0.39, 0.29) is 11.3 Å². The number of hydrogen-bond donors (Lipinski definition) is 0. The second-order valence-electron chi connectivity index (χ2n) is 8.29. The van der Waals surface area contributed by atoms with Gasteiger partial charge in [0.1, 0.15) is 17.6 Å². The zero-order chi connectivity index (χ0) is 23.6. The fraction of sp³-hybridized carbons (Fsp3) is 0.417. The van der Waals surface area contributed by atoms with E-state index in [0.717, 1.165) is 36.3 Å². The molecule has 33 heavy (non-hydrogen) atoms. The highest BCUT2D eigenvalue weighted by molar-refractivity contribution is 7.89. The number of rotatable bonds is 7. The van der Waals surface area contributed by atoms with Gasteiger partial charge in [-0.25, -0.2) is 17.7 Å². The average molecular weight is 475 g/mol. The lowest BCUT2D eigenvalue weighted by Crippen LogP contribution is -2.51. The fourth-order valence-corrected chi connectivity index (χ4v) is 6.45. The molecule has 2 aromatic carbocycles. The maximum absolute atomic E-state index is 13.6. The molecule has 0 aromatic heterocycles. The SMILES string of the molecule is CCOc1ccc(N2C(=O)CC(N(C3CCCCC3)S(=O)(=O)c3ccc(F)cc3)C2=O)cc1. The number of halogens is 1. The first-order valence-corrected chi connectivity index (χ1v) is 12.7. The smallest absolute Gasteiger partial charge is 0.252 e. The Balaban J connectivity index is 1.69. The zero-order valence-electron chi connectivity index (χ0n) is 18.4. The van der Waals surface area contributed by atoms with Crippen LogP contribution in [0.4, 0.5) is 10.1 Å². The lowest BCUT2D eigenvalue weighted by atomic mass is 9.94. The van der Waals surface area contributed by atoms with Crippen molar-refractivity contribution in [3.63, 3.8) is 0 Å². The number of carbonyl (C=O) groups is 2. The van der Waals surface area contributed by atoms with Crippen molar-refractivity contribution >= 4 is 27.5 Å². The molecule has 0 radical (unpaired) electrons. The number of carbonyl (C=O) groups excluding carboxylic acids is 2. The van der Waals surface area contributed by atoms with E-state index in [9.17, 15) is 22.4 Å². The van der Waals surface area contributed by atoms with E-state index >= 15 is 0 Å². The molecular formula is C24H27FN2O5S. The molecule has 0 spiro atoms. The molecule has 9 heteroatoms. The van der Waals surface area contributed by atoms with Crippen LogP contribution in [0.2, 0.25) is 0 Å². The largest absolute Gasteiger partial charge is 0.494 e. The van der Waals surface area contributed by atoms with Crippen LogP contribution < -0.4 is 9.64 Å². The van der Waals surface area contributed by atoms with E-state index in [1.165, 1.54) is 16.4 Å². The van der Waals surface area contributed by atoms with E-state index in [0.29, 0.717) is 30.9 Å². The summed E-state index contributed by atoms with van der Waals surface area (Å²) in [5.41, 5.74) is 0.374. The Kier molecular flexibility index (Phi) is 6.81. The Morgan fingerprint density at radius 2 is 1.64 bits per heavy atom. The molecular weight excluding hydrogens is 447 g/mol. The van der Waals surface area contributed by atoms with Crippen molar-refractivity contribution < 1.29 is 27.1 Å². The molecule has 1 atom stereocenters. The van der Waals surface area contributed by atoms with E-state index in [4.69, 9.17) is 4.74 Å². The standard InChI is InChI=1S/C24H27FN2O5S/c1-2-32-20-12-10-18(11-13-20)26-23(28)16-22(24(26)29)27(19-6-4-3-5-7-19)33(30,31)21-14-8-17(25)9-15-21/h8-15,19,22H,2-7,16H2,1H3. The Morgan fingerprint density at radius 1 is 1.00 bits per heavy atom. The summed E-state index contributed by atoms with van der Waals surface area (Å²) in [5.74, 6) is -0.962. The van der Waals surface area contributed by atoms with Crippen molar-refractivity contribution in [1.29, 1.82) is 0 Å². The van der Waals surface area contributed by atoms with E-state index in [2.05, 4.69) is 0 Å². The number of imide groups is 1. The van der Waals surface area contributed by atoms with Crippen molar-refractivity contribution in [2.45, 2.75) is 62.4 Å². The molecule has 7 nitrogen and oxygen atoms in total. The molecule has 1 saturated heterocycles. The number of sulfonamides is 1. The first-order chi connectivity index (χ1) is 15.8. The summed E-state index contributed by atoms with van der Waals surface area (Å²) >= 11 is 0. The third-order valence-electron chi connectivity index (χ3n) is 6.16. The van der Waals surface area contributed by atoms with Gasteiger partial charge in [0.15, 0.2) is 0 Å². The van der Waals surface area contributed by atoms with Gasteiger partial charge >= 0.3 is 0 Å². The van der Waals surface area contributed by atoms with Crippen LogP contribution in [0.5, 0.6) is 5.75 Å². The van der Waals surface area contributed by atoms with Crippen molar-refractivity contribution in [1.82, 2.24) is 4.31 Å². The number of nitrogens with zero attached hydrogens (tertiary/aromatic N) is 2. The third-order valence-corrected chi connectivity index (χ3v) is 8.14. The summed E-state index contributed by atoms with van der Waals surface area (Å²) in [5, 5.41) is 0. The molecule has 2 aliphatic rings. The van der Waals surface area contributed by atoms with Crippen LogP contribution >= 0.6 is 0 Å². The lowest BCUT2D eigenvalue weighted by Gasteiger charge is -2.36. The Hall–Kier alpha value is -2.78. The number of amides is 2. The van der Waals surface area contributed by atoms with Gasteiger partial charge in [0.05, 0.1) is 23.6 Å². The van der Waals surface area contributed by atoms with Gasteiger partial charge in [-0.2, -0.15) is 4.31 Å². The second kappa shape index (κ2) is 9.61. The zero-order valence-corrected chi connectivity index (χ0v) is 19.3. The molecule has 1 saturated carbocycles. The topological polar surface area (TPSA) is 84.0 Å². The predicted molar refractivity (Wildman–Crippen MR) is 121 cm³/mol. The summed E-state index contributed by atoms with van der Waals surface area (Å²) in [4.78, 5) is 27.3. The maximum atomic E-state index is 13.6. The van der Waals surface area contributed by atoms with Gasteiger partial charge in [-0.05, 0) is 68.3 Å². The van der Waals surface area contributed by atoms with Gasteiger partial charge in [0.2, 0.25) is 15.9 Å². The van der Waals surface area contributed by atoms with Crippen LogP contribution in [0, 0.1) is 5.82 Å². The summed E-state index contributed by atoms with van der Waals surface area (Å²) < 4.78 is 47.4. The van der Waals surface area contributed by atoms with Crippen molar-refractivity contribution in [2.75, 3.05) is 11.5 Å². The quantitative estimate of drug-likeness (QED) is 0.569. The Labute approximate surface area is 193 Å². The molecule has 2 amide bonds. The van der Waals surface area contributed by atoms with Gasteiger partial charge in [-0.3, -0.25) is 9.59 Å². The minimum absolute atomic E-state index is 0.0887. The minimum Gasteiger partial charge on any atom is -0.494 e. The van der Waals surface area contributed by atoms with Crippen LogP contribution in [-0.4, -0.2) is 43.2 Å². The molecule has 2 fully saturated rings. The number of hydrogen-bond acceptors (Lipinski definition) is 5. The minimum atomic E-state index is -4.13. The predicted octanol–water partition coefficient (Wildman–Crippen LogP) is 3.88. The molecule has 1 aliphatic carbocycles. The highest BCUT2D eigenvalue weighted by atomic mass is 32.2. The molecule has 0 bridgehead atoms. The first-order valence-electron chi connectivity index (χ1n) is 11.2. The second-order valence-corrected chi connectivity index (χ2v) is 10.1. The van der Waals surface area contributed by atoms with E-state index < -0.39 is 39.7 Å². The molecule has 1 heterocycles. The normalized spacial score (nSPS) is 20.0. The number of anilines is 1. The lowest BCUT2D eigenvalue weighted by molar-refractivity contribution is -0.122. The molecule has 2 aromatic rings. The van der Waals surface area contributed by atoms with Gasteiger partial charge in [-0.1, -0.05) is 19.3 Å². The first kappa shape index (κ1) is 23.4. The molecule has 1 aliphatic heterocycles. The fourth-order valence-electron chi connectivity index (χ4n) is 4.63. The Morgan fingerprint density at radius 3 is 2.24 bits per heavy atom. The van der Waals surface area contributed by atoms with Crippen LogP contribution in [0.15, 0.2) is 53.4 Å². The van der Waals surface area contributed by atoms with Gasteiger partial charge in [-0.15, -0.1) is 0 Å². The number of ether oxygens (including phenoxy) is 1. The van der Waals surface area contributed by atoms with Gasteiger partial charge in [0, 0.05) is 6.04 Å². The van der Waals surface area contributed by atoms with Crippen LogP contribution in [-0.2, 0) is 19.6 Å². The highest BCUT2D eigenvalue weighted by Gasteiger charge is 2.49. The number of benzene rings is 2. The maximum Gasteiger partial charge on any atom is 0.252 e. The molecule has 176 valence electrons. The summed E-state index contributed by atoms with van der Waals surface area (Å²) in [6.45, 7) is 2.34. The van der Waals surface area contributed by atoms with Gasteiger partial charge in [0.25, 0.3) is 5.91 Å². The van der Waals surface area contributed by atoms with Crippen molar-refractivity contribution in [3.05, 3.63) is 54.3 Å². The monoisotopic (exact) mass is 474 g/mol. The summed E-state index contributed by atoms with van der Waals surface area (Å²) in [7, 11) is -4.13. The average Bonchev–Trinajstić information content (AvgIpc) is 3.09.